The van der Waals surface area contributed by atoms with Crippen LogP contribution in [0.2, 0.25) is 0 Å². The van der Waals surface area contributed by atoms with Gasteiger partial charge >= 0.3 is 11.9 Å². The zero-order chi connectivity index (χ0) is 71.3. The average Bonchev–Trinajstić information content (AvgIpc) is 1.67. The SMILES string of the molecule is C.CCOC(=O)CBr.CCOC(=O)CCCCCCN1c2ccccc2Oc2ccccc2S1(=O)=O.Nc1ccccc1O.O=C(CCCCCCN1c2ccccc2Oc2ccccc2S1(=O)=O)NO.O=S(=O)(Cl)c1ccccc1F.O=S1(=O)Nc2ccccc2Oc2ccccc21. The Balaban J connectivity index is 0.000000229. The highest BCUT2D eigenvalue weighted by molar-refractivity contribution is 9.09. The lowest BCUT2D eigenvalue weighted by atomic mass is 10.1. The zero-order valence-corrected chi connectivity index (χ0v) is 58.9. The summed E-state index contributed by atoms with van der Waals surface area (Å²) in [7, 11) is -10.1. The molecule has 0 saturated heterocycles. The highest BCUT2D eigenvalue weighted by Crippen LogP contribution is 2.44. The molecular weight excluding hydrogens is 1450 g/mol. The van der Waals surface area contributed by atoms with Crippen molar-refractivity contribution in [1.82, 2.24) is 5.48 Å². The molecule has 3 aliphatic heterocycles. The van der Waals surface area contributed by atoms with Crippen LogP contribution in [0.1, 0.15) is 85.5 Å². The Labute approximate surface area is 590 Å². The summed E-state index contributed by atoms with van der Waals surface area (Å²) in [6.45, 7) is 5.11. The summed E-state index contributed by atoms with van der Waals surface area (Å²) < 4.78 is 143. The number of phenolic OH excluding ortho intramolecular Hbond substituents is 1. The summed E-state index contributed by atoms with van der Waals surface area (Å²) >= 11 is 2.94. The predicted molar refractivity (Wildman–Crippen MR) is 381 cm³/mol. The van der Waals surface area contributed by atoms with E-state index >= 15 is 0 Å². The first kappa shape index (κ1) is 80.7. The highest BCUT2D eigenvalue weighted by Gasteiger charge is 2.35. The Morgan fingerprint density at radius 1 is 0.545 bits per heavy atom. The standard InChI is InChI=1S/C21H25NO5S.C19H22N2O5S.C12H9NO3S.C6H4ClFO2S.C6H7NO.C4H7BrO2.CH4/c1-2-26-21(23)15-5-3-4-10-16-22-17-11-6-7-12-18(17)27-19-13-8-9-14-20(19)28(22,24)25;22-19(20-23)13-3-1-2-8-14-21-15-9-4-5-10-16(15)26-17-11-6-7-12-18(17)27(21,24)25;14-17(15)12-8-4-3-7-11(12)16-10-6-2-1-5-9(10)13-17;7-11(9,10)6-4-2-1-3-5(6)8;7-5-3-1-2-4-6(5)8;1-2-7-4(6)3-5;/h6-9,11-14H,2-5,10,15-16H2,1H3;4-7,9-12,23H,1-3,8,13-14H2,(H,20,22);1-8,13H;1-4H;1-4,8H,7H2;2-3H2,1H3;1H4. The van der Waals surface area contributed by atoms with Crippen molar-refractivity contribution in [3.8, 4) is 40.2 Å². The quantitative estimate of drug-likeness (QED) is 0.00779. The number of carbonyl (C=O) groups is 3. The second-order valence-corrected chi connectivity index (χ2v) is 29.3. The highest BCUT2D eigenvalue weighted by atomic mass is 79.9. The first-order valence-corrected chi connectivity index (χ1v) is 38.4. The van der Waals surface area contributed by atoms with Gasteiger partial charge in [-0.15, -0.1) is 0 Å². The topological polar surface area (TPSA) is 331 Å². The van der Waals surface area contributed by atoms with E-state index in [4.69, 9.17) is 45.7 Å². The summed E-state index contributed by atoms with van der Waals surface area (Å²) in [5.41, 5.74) is 8.81. The van der Waals surface area contributed by atoms with Crippen LogP contribution in [0, 0.1) is 5.82 Å². The maximum absolute atomic E-state index is 13.3. The van der Waals surface area contributed by atoms with Crippen molar-refractivity contribution in [2.45, 2.75) is 105 Å². The number of hydrogen-bond donors (Lipinski definition) is 5. The van der Waals surface area contributed by atoms with Crippen molar-refractivity contribution in [3.63, 3.8) is 0 Å². The molecular formula is C69H78BrClFN5O18S4. The fraction of sp³-hybridized carbons (Fsp3) is 0.261. The minimum Gasteiger partial charge on any atom is -0.506 e. The van der Waals surface area contributed by atoms with Crippen molar-refractivity contribution in [3.05, 3.63) is 200 Å². The van der Waals surface area contributed by atoms with Crippen LogP contribution >= 0.6 is 26.6 Å². The number of ether oxygens (including phenoxy) is 5. The van der Waals surface area contributed by atoms with Crippen LogP contribution < -0.4 is 38.8 Å². The van der Waals surface area contributed by atoms with Gasteiger partial charge in [0, 0.05) is 36.6 Å². The lowest BCUT2D eigenvalue weighted by molar-refractivity contribution is -0.143. The molecule has 0 aromatic heterocycles. The smallest absolute Gasteiger partial charge is 0.316 e. The number of aromatic hydroxyl groups is 1. The van der Waals surface area contributed by atoms with Crippen molar-refractivity contribution >= 4 is 106 Å². The molecule has 3 heterocycles. The van der Waals surface area contributed by atoms with E-state index in [2.05, 4.69) is 25.4 Å². The Hall–Kier alpha value is -8.97. The number of amides is 1. The maximum atomic E-state index is 13.3. The number of para-hydroxylation sites is 11. The van der Waals surface area contributed by atoms with Gasteiger partial charge in [0.1, 0.15) is 53.7 Å². The molecule has 532 valence electrons. The zero-order valence-electron chi connectivity index (χ0n) is 53.2. The normalized spacial score (nSPS) is 13.3. The molecule has 0 aliphatic carbocycles. The van der Waals surface area contributed by atoms with Crippen LogP contribution in [0.15, 0.2) is 214 Å². The van der Waals surface area contributed by atoms with Crippen LogP contribution in [-0.2, 0) is 63.0 Å². The van der Waals surface area contributed by atoms with Gasteiger partial charge in [0.15, 0.2) is 17.2 Å². The molecule has 0 fully saturated rings. The monoisotopic (exact) mass is 1530 g/mol. The summed E-state index contributed by atoms with van der Waals surface area (Å²) in [5.74, 6) is 1.05. The van der Waals surface area contributed by atoms with Gasteiger partial charge in [-0.25, -0.2) is 43.5 Å². The Morgan fingerprint density at radius 3 is 1.38 bits per heavy atom. The Bertz CT molecular complexity index is 4430. The maximum Gasteiger partial charge on any atom is 0.316 e. The number of sulfonamides is 3. The van der Waals surface area contributed by atoms with Gasteiger partial charge in [-0.3, -0.25) is 32.9 Å². The average molecular weight is 1530 g/mol. The number of unbranched alkanes of at least 4 members (excludes halogenated alkanes) is 6. The van der Waals surface area contributed by atoms with Crippen molar-refractivity contribution in [2.75, 3.05) is 50.7 Å². The van der Waals surface area contributed by atoms with Crippen molar-refractivity contribution in [1.29, 1.82) is 0 Å². The molecule has 0 unspecified atom stereocenters. The number of carbonyl (C=O) groups excluding carboxylic acids is 3. The number of phenols is 1. The van der Waals surface area contributed by atoms with Crippen LogP contribution in [-0.4, -0.2) is 93.5 Å². The number of esters is 2. The second kappa shape index (κ2) is 39.6. The fourth-order valence-corrected chi connectivity index (χ4v) is 14.9. The van der Waals surface area contributed by atoms with E-state index < -0.39 is 55.7 Å². The van der Waals surface area contributed by atoms with Gasteiger partial charge in [0.25, 0.3) is 39.1 Å². The number of nitrogen functional groups attached to an aromatic ring is 1. The van der Waals surface area contributed by atoms with Gasteiger partial charge in [0.05, 0.1) is 36.0 Å². The Kier molecular flexibility index (Phi) is 32.3. The van der Waals surface area contributed by atoms with Gasteiger partial charge in [-0.05, 0) is 137 Å². The second-order valence-electron chi connectivity index (χ2n) is 20.9. The summed E-state index contributed by atoms with van der Waals surface area (Å²) in [6, 6.07) is 52.7. The number of hydroxylamine groups is 1. The molecule has 1 amide bonds. The van der Waals surface area contributed by atoms with Crippen LogP contribution in [0.4, 0.5) is 27.1 Å². The third-order valence-electron chi connectivity index (χ3n) is 13.9. The molecule has 23 nitrogen and oxygen atoms in total. The molecule has 6 N–H and O–H groups in total. The molecule has 0 spiro atoms. The van der Waals surface area contributed by atoms with Gasteiger partial charge < -0.3 is 34.5 Å². The first-order valence-electron chi connectivity index (χ1n) is 30.6. The largest absolute Gasteiger partial charge is 0.506 e. The number of rotatable bonds is 18. The third kappa shape index (κ3) is 23.9. The lowest BCUT2D eigenvalue weighted by Crippen LogP contribution is -2.31. The third-order valence-corrected chi connectivity index (χ3v) is 20.8. The van der Waals surface area contributed by atoms with E-state index in [0.29, 0.717) is 115 Å². The number of hydrogen-bond acceptors (Lipinski definition) is 19. The predicted octanol–water partition coefficient (Wildman–Crippen LogP) is 14.8. The number of nitrogens with zero attached hydrogens (tertiary/aromatic N) is 2. The molecule has 8 aromatic carbocycles. The molecule has 0 bridgehead atoms. The number of fused-ring (bicyclic) bond motifs is 6. The van der Waals surface area contributed by atoms with E-state index in [1.807, 2.05) is 12.1 Å². The van der Waals surface area contributed by atoms with Crippen LogP contribution in [0.3, 0.4) is 0 Å². The van der Waals surface area contributed by atoms with Gasteiger partial charge in [-0.2, -0.15) is 0 Å². The molecule has 0 atom stereocenters. The number of nitrogens with two attached hydrogens (primary N) is 1. The minimum atomic E-state index is -3.94. The number of alkyl halides is 1. The Morgan fingerprint density at radius 2 is 0.939 bits per heavy atom. The van der Waals surface area contributed by atoms with E-state index in [1.165, 1.54) is 26.8 Å². The number of nitrogens with one attached hydrogen (secondary N) is 2. The molecule has 11 rings (SSSR count). The van der Waals surface area contributed by atoms with E-state index in [0.717, 1.165) is 44.2 Å². The van der Waals surface area contributed by atoms with Crippen LogP contribution in [0.5, 0.6) is 40.2 Å². The first-order chi connectivity index (χ1) is 46.9. The number of halogens is 3. The molecule has 3 aliphatic rings. The van der Waals surface area contributed by atoms with Crippen LogP contribution in [0.25, 0.3) is 0 Å². The van der Waals surface area contributed by atoms with E-state index in [9.17, 15) is 52.4 Å². The lowest BCUT2D eigenvalue weighted by Gasteiger charge is -2.23. The van der Waals surface area contributed by atoms with Gasteiger partial charge in [0.2, 0.25) is 5.91 Å². The van der Waals surface area contributed by atoms with Crippen molar-refractivity contribution < 1.29 is 86.4 Å². The number of benzene rings is 8. The fourth-order valence-electron chi connectivity index (χ4n) is 9.31. The molecule has 0 radical (unpaired) electrons. The van der Waals surface area contributed by atoms with Gasteiger partial charge in [-0.1, -0.05) is 146 Å². The van der Waals surface area contributed by atoms with Crippen molar-refractivity contribution in [2.24, 2.45) is 0 Å². The van der Waals surface area contributed by atoms with E-state index in [1.54, 1.807) is 171 Å². The summed E-state index contributed by atoms with van der Waals surface area (Å²) in [4.78, 5) is 32.5. The molecule has 30 heteroatoms. The summed E-state index contributed by atoms with van der Waals surface area (Å²) in [6.07, 6.45) is 6.61. The van der Waals surface area contributed by atoms with E-state index in [-0.39, 0.29) is 46.2 Å². The summed E-state index contributed by atoms with van der Waals surface area (Å²) in [5, 5.41) is 17.6. The number of anilines is 4. The molecule has 0 saturated carbocycles. The molecule has 8 aromatic rings. The molecule has 99 heavy (non-hydrogen) atoms. The minimum absolute atomic E-state index is 0.